The van der Waals surface area contributed by atoms with Gasteiger partial charge in [0.25, 0.3) is 0 Å². The average Bonchev–Trinajstić information content (AvgIpc) is 3.21. The highest BCUT2D eigenvalue weighted by Gasteiger charge is 2.37. The van der Waals surface area contributed by atoms with Gasteiger partial charge < -0.3 is 5.32 Å². The number of nitrogens with one attached hydrogen (secondary N) is 1. The Labute approximate surface area is 118 Å². The standard InChI is InChI=1S/C14H18Cl2N2/c15-12-3-1-2-11(13(12)16)14(10-4-5-10)18-8-6-17-7-9-18/h1-3,10,14,17H,4-9H2/t14-/m1/s1. The number of rotatable bonds is 3. The molecule has 2 fully saturated rings. The summed E-state index contributed by atoms with van der Waals surface area (Å²) < 4.78 is 0. The van der Waals surface area contributed by atoms with E-state index in [9.17, 15) is 0 Å². The first kappa shape index (κ1) is 12.7. The van der Waals surface area contributed by atoms with E-state index in [1.165, 1.54) is 18.4 Å². The van der Waals surface area contributed by atoms with Crippen LogP contribution in [0, 0.1) is 5.92 Å². The number of piperazine rings is 1. The van der Waals surface area contributed by atoms with E-state index in [4.69, 9.17) is 23.2 Å². The largest absolute Gasteiger partial charge is 0.314 e. The summed E-state index contributed by atoms with van der Waals surface area (Å²) in [5, 5.41) is 4.83. The molecular weight excluding hydrogens is 267 g/mol. The van der Waals surface area contributed by atoms with Crippen LogP contribution in [0.4, 0.5) is 0 Å². The van der Waals surface area contributed by atoms with Crippen molar-refractivity contribution in [1.29, 1.82) is 0 Å². The molecule has 2 aliphatic rings. The number of halogens is 2. The third-order valence-corrected chi connectivity index (χ3v) is 4.75. The van der Waals surface area contributed by atoms with Gasteiger partial charge in [0.2, 0.25) is 0 Å². The SMILES string of the molecule is Clc1cccc([C@@H](C2CC2)N2CCNCC2)c1Cl. The quantitative estimate of drug-likeness (QED) is 0.916. The van der Waals surface area contributed by atoms with Gasteiger partial charge >= 0.3 is 0 Å². The Morgan fingerprint density at radius 1 is 1.17 bits per heavy atom. The van der Waals surface area contributed by atoms with Crippen molar-refractivity contribution >= 4 is 23.2 Å². The van der Waals surface area contributed by atoms with Gasteiger partial charge in [-0.1, -0.05) is 35.3 Å². The summed E-state index contributed by atoms with van der Waals surface area (Å²) in [6.07, 6.45) is 2.63. The van der Waals surface area contributed by atoms with E-state index in [1.807, 2.05) is 12.1 Å². The maximum absolute atomic E-state index is 6.40. The molecule has 0 amide bonds. The molecular formula is C14H18Cl2N2. The lowest BCUT2D eigenvalue weighted by molar-refractivity contribution is 0.156. The van der Waals surface area contributed by atoms with Crippen molar-refractivity contribution in [3.05, 3.63) is 33.8 Å². The molecule has 1 aliphatic heterocycles. The highest BCUT2D eigenvalue weighted by atomic mass is 35.5. The lowest BCUT2D eigenvalue weighted by Crippen LogP contribution is -2.45. The van der Waals surface area contributed by atoms with Gasteiger partial charge in [0.05, 0.1) is 10.0 Å². The van der Waals surface area contributed by atoms with Crippen molar-refractivity contribution in [3.63, 3.8) is 0 Å². The summed E-state index contributed by atoms with van der Waals surface area (Å²) >= 11 is 12.6. The van der Waals surface area contributed by atoms with E-state index in [0.29, 0.717) is 11.1 Å². The molecule has 1 aliphatic carbocycles. The van der Waals surface area contributed by atoms with Gasteiger partial charge in [0.15, 0.2) is 0 Å². The first-order valence-corrected chi connectivity index (χ1v) is 7.41. The Balaban J connectivity index is 1.90. The minimum Gasteiger partial charge on any atom is -0.314 e. The van der Waals surface area contributed by atoms with Crippen molar-refractivity contribution in [2.75, 3.05) is 26.2 Å². The minimum atomic E-state index is 0.457. The monoisotopic (exact) mass is 284 g/mol. The molecule has 2 nitrogen and oxygen atoms in total. The number of benzene rings is 1. The van der Waals surface area contributed by atoms with Crippen molar-refractivity contribution in [2.45, 2.75) is 18.9 Å². The van der Waals surface area contributed by atoms with E-state index < -0.39 is 0 Å². The van der Waals surface area contributed by atoms with Gasteiger partial charge in [-0.2, -0.15) is 0 Å². The second kappa shape index (κ2) is 5.38. The molecule has 1 aromatic carbocycles. The summed E-state index contributed by atoms with van der Waals surface area (Å²) in [7, 11) is 0. The third-order valence-electron chi connectivity index (χ3n) is 3.91. The molecule has 3 rings (SSSR count). The Morgan fingerprint density at radius 3 is 2.56 bits per heavy atom. The fourth-order valence-corrected chi connectivity index (χ4v) is 3.29. The van der Waals surface area contributed by atoms with Crippen LogP contribution in [0.15, 0.2) is 18.2 Å². The Morgan fingerprint density at radius 2 is 1.89 bits per heavy atom. The molecule has 0 spiro atoms. The zero-order valence-corrected chi connectivity index (χ0v) is 11.8. The molecule has 1 saturated carbocycles. The average molecular weight is 285 g/mol. The Bertz CT molecular complexity index is 426. The number of hydrogen-bond donors (Lipinski definition) is 1. The van der Waals surface area contributed by atoms with Gasteiger partial charge in [-0.25, -0.2) is 0 Å². The molecule has 1 heterocycles. The van der Waals surface area contributed by atoms with Crippen LogP contribution in [-0.4, -0.2) is 31.1 Å². The topological polar surface area (TPSA) is 15.3 Å². The van der Waals surface area contributed by atoms with E-state index in [2.05, 4.69) is 16.3 Å². The highest BCUT2D eigenvalue weighted by Crippen LogP contribution is 2.47. The molecule has 0 aromatic heterocycles. The van der Waals surface area contributed by atoms with Crippen LogP contribution in [0.1, 0.15) is 24.4 Å². The summed E-state index contributed by atoms with van der Waals surface area (Å²) in [5.74, 6) is 0.763. The summed E-state index contributed by atoms with van der Waals surface area (Å²) in [4.78, 5) is 2.56. The number of hydrogen-bond acceptors (Lipinski definition) is 2. The third kappa shape index (κ3) is 2.53. The van der Waals surface area contributed by atoms with Crippen LogP contribution in [0.2, 0.25) is 10.0 Å². The molecule has 4 heteroatoms. The lowest BCUT2D eigenvalue weighted by atomic mass is 9.99. The van der Waals surface area contributed by atoms with Crippen molar-refractivity contribution in [1.82, 2.24) is 10.2 Å². The van der Waals surface area contributed by atoms with E-state index in [1.54, 1.807) is 0 Å². The lowest BCUT2D eigenvalue weighted by Gasteiger charge is -2.36. The molecule has 1 N–H and O–H groups in total. The predicted octanol–water partition coefficient (Wildman–Crippen LogP) is 3.35. The van der Waals surface area contributed by atoms with Crippen LogP contribution in [-0.2, 0) is 0 Å². The molecule has 1 saturated heterocycles. The zero-order chi connectivity index (χ0) is 12.5. The molecule has 0 unspecified atom stereocenters. The molecule has 98 valence electrons. The second-order valence-electron chi connectivity index (χ2n) is 5.21. The Hall–Kier alpha value is -0.280. The fourth-order valence-electron chi connectivity index (χ4n) is 2.87. The van der Waals surface area contributed by atoms with E-state index >= 15 is 0 Å². The van der Waals surface area contributed by atoms with E-state index in [-0.39, 0.29) is 0 Å². The van der Waals surface area contributed by atoms with Gasteiger partial charge in [-0.15, -0.1) is 0 Å². The predicted molar refractivity (Wildman–Crippen MR) is 76.4 cm³/mol. The van der Waals surface area contributed by atoms with Gasteiger partial charge in [-0.05, 0) is 30.4 Å². The maximum atomic E-state index is 6.40. The molecule has 1 atom stereocenters. The van der Waals surface area contributed by atoms with Crippen molar-refractivity contribution < 1.29 is 0 Å². The maximum Gasteiger partial charge on any atom is 0.0640 e. The van der Waals surface area contributed by atoms with Crippen LogP contribution in [0.5, 0.6) is 0 Å². The molecule has 0 radical (unpaired) electrons. The fraction of sp³-hybridized carbons (Fsp3) is 0.571. The second-order valence-corrected chi connectivity index (χ2v) is 6.00. The zero-order valence-electron chi connectivity index (χ0n) is 10.3. The summed E-state index contributed by atoms with van der Waals surface area (Å²) in [5.41, 5.74) is 1.22. The van der Waals surface area contributed by atoms with Crippen LogP contribution in [0.25, 0.3) is 0 Å². The minimum absolute atomic E-state index is 0.457. The molecule has 0 bridgehead atoms. The highest BCUT2D eigenvalue weighted by molar-refractivity contribution is 6.42. The smallest absolute Gasteiger partial charge is 0.0640 e. The summed E-state index contributed by atoms with van der Waals surface area (Å²) in [6.45, 7) is 4.34. The first-order chi connectivity index (χ1) is 8.77. The normalized spacial score (nSPS) is 23.0. The Kier molecular flexibility index (Phi) is 3.81. The molecule has 1 aromatic rings. The van der Waals surface area contributed by atoms with Crippen molar-refractivity contribution in [2.24, 2.45) is 5.92 Å². The van der Waals surface area contributed by atoms with Crippen molar-refractivity contribution in [3.8, 4) is 0 Å². The first-order valence-electron chi connectivity index (χ1n) is 6.66. The van der Waals surface area contributed by atoms with Gasteiger partial charge in [0.1, 0.15) is 0 Å². The summed E-state index contributed by atoms with van der Waals surface area (Å²) in [6, 6.07) is 6.48. The van der Waals surface area contributed by atoms with Crippen LogP contribution < -0.4 is 5.32 Å². The van der Waals surface area contributed by atoms with Gasteiger partial charge in [-0.3, -0.25) is 4.90 Å². The van der Waals surface area contributed by atoms with Crippen LogP contribution in [0.3, 0.4) is 0 Å². The van der Waals surface area contributed by atoms with E-state index in [0.717, 1.165) is 37.1 Å². The van der Waals surface area contributed by atoms with Gasteiger partial charge in [0, 0.05) is 32.2 Å². The number of nitrogens with zero attached hydrogens (tertiary/aromatic N) is 1. The van der Waals surface area contributed by atoms with Crippen LogP contribution >= 0.6 is 23.2 Å². The molecule has 18 heavy (non-hydrogen) atoms.